The maximum absolute atomic E-state index is 12.7. The van der Waals surface area contributed by atoms with E-state index in [1.54, 1.807) is 30.5 Å². The van der Waals surface area contributed by atoms with Gasteiger partial charge in [0.25, 0.3) is 0 Å². The van der Waals surface area contributed by atoms with Crippen molar-refractivity contribution in [3.63, 3.8) is 0 Å². The van der Waals surface area contributed by atoms with Crippen LogP contribution in [0.3, 0.4) is 0 Å². The van der Waals surface area contributed by atoms with E-state index in [9.17, 15) is 8.42 Å². The average molecular weight is 453 g/mol. The Kier molecular flexibility index (Phi) is 6.99. The largest absolute Gasteiger partial charge is 0.301 e. The number of pyridine rings is 1. The van der Waals surface area contributed by atoms with Crippen LogP contribution in [0.15, 0.2) is 58.2 Å². The molecular formula is C19H25BrN4O2S. The van der Waals surface area contributed by atoms with E-state index in [-0.39, 0.29) is 10.9 Å². The molecule has 0 unspecified atom stereocenters. The Morgan fingerprint density at radius 2 is 1.85 bits per heavy atom. The Bertz CT molecular complexity index is 823. The molecule has 27 heavy (non-hydrogen) atoms. The van der Waals surface area contributed by atoms with Crippen LogP contribution in [-0.2, 0) is 10.0 Å². The molecule has 146 valence electrons. The molecule has 1 saturated heterocycles. The maximum atomic E-state index is 12.7. The molecule has 0 aliphatic carbocycles. The van der Waals surface area contributed by atoms with E-state index in [0.717, 1.165) is 42.8 Å². The second kappa shape index (κ2) is 9.25. The minimum atomic E-state index is -3.56. The molecule has 2 heterocycles. The standard InChI is InChI=1S/C19H25BrN4O2S/c1-2-23-10-12-24(13-11-23)19(16-4-3-9-21-14-16)15-22-27(25,26)18-7-5-17(20)6-8-18/h3-9,14,19,22H,2,10-13,15H2,1H3/t19-/m0/s1. The number of nitrogens with zero attached hydrogens (tertiary/aromatic N) is 3. The van der Waals surface area contributed by atoms with Crippen molar-refractivity contribution in [1.29, 1.82) is 0 Å². The minimum absolute atomic E-state index is 0.0390. The van der Waals surface area contributed by atoms with Gasteiger partial charge in [-0.05, 0) is 42.4 Å². The number of sulfonamides is 1. The lowest BCUT2D eigenvalue weighted by Gasteiger charge is -2.39. The fourth-order valence-corrected chi connectivity index (χ4v) is 4.61. The lowest BCUT2D eigenvalue weighted by atomic mass is 10.1. The third kappa shape index (κ3) is 5.36. The van der Waals surface area contributed by atoms with Gasteiger partial charge in [-0.25, -0.2) is 13.1 Å². The van der Waals surface area contributed by atoms with Gasteiger partial charge in [-0.15, -0.1) is 0 Å². The molecule has 1 aliphatic heterocycles. The SMILES string of the molecule is CCN1CCN([C@@H](CNS(=O)(=O)c2ccc(Br)cc2)c2cccnc2)CC1. The third-order valence-corrected chi connectivity index (χ3v) is 6.92. The van der Waals surface area contributed by atoms with Crippen molar-refractivity contribution in [3.8, 4) is 0 Å². The molecule has 8 heteroatoms. The topological polar surface area (TPSA) is 65.5 Å². The van der Waals surface area contributed by atoms with Crippen molar-refractivity contribution in [3.05, 3.63) is 58.8 Å². The number of aromatic nitrogens is 1. The van der Waals surface area contributed by atoms with Crippen molar-refractivity contribution in [2.75, 3.05) is 39.3 Å². The highest BCUT2D eigenvalue weighted by Crippen LogP contribution is 2.22. The number of nitrogens with one attached hydrogen (secondary N) is 1. The Labute approximate surface area is 169 Å². The van der Waals surface area contributed by atoms with Gasteiger partial charge in [0.15, 0.2) is 0 Å². The molecule has 0 bridgehead atoms. The van der Waals surface area contributed by atoms with Gasteiger partial charge in [0, 0.05) is 55.6 Å². The molecular weight excluding hydrogens is 428 g/mol. The van der Waals surface area contributed by atoms with Gasteiger partial charge in [0.05, 0.1) is 4.90 Å². The maximum Gasteiger partial charge on any atom is 0.240 e. The third-order valence-electron chi connectivity index (χ3n) is 4.95. The van der Waals surface area contributed by atoms with E-state index < -0.39 is 10.0 Å². The lowest BCUT2D eigenvalue weighted by molar-refractivity contribution is 0.100. The van der Waals surface area contributed by atoms with Crippen LogP contribution in [0.25, 0.3) is 0 Å². The summed E-state index contributed by atoms with van der Waals surface area (Å²) in [5.41, 5.74) is 1.03. The number of rotatable bonds is 7. The van der Waals surface area contributed by atoms with Crippen molar-refractivity contribution >= 4 is 26.0 Å². The van der Waals surface area contributed by atoms with Gasteiger partial charge in [-0.3, -0.25) is 9.88 Å². The van der Waals surface area contributed by atoms with Gasteiger partial charge in [-0.2, -0.15) is 0 Å². The average Bonchev–Trinajstić information content (AvgIpc) is 2.70. The van der Waals surface area contributed by atoms with E-state index in [2.05, 4.69) is 42.4 Å². The van der Waals surface area contributed by atoms with Crippen molar-refractivity contribution < 1.29 is 8.42 Å². The normalized spacial score (nSPS) is 17.7. The van der Waals surface area contributed by atoms with Gasteiger partial charge < -0.3 is 4.90 Å². The molecule has 6 nitrogen and oxygen atoms in total. The highest BCUT2D eigenvalue weighted by Gasteiger charge is 2.26. The van der Waals surface area contributed by atoms with Gasteiger partial charge in [0.1, 0.15) is 0 Å². The molecule has 1 N–H and O–H groups in total. The molecule has 0 spiro atoms. The van der Waals surface area contributed by atoms with Gasteiger partial charge in [-0.1, -0.05) is 28.9 Å². The van der Waals surface area contributed by atoms with Crippen LogP contribution >= 0.6 is 15.9 Å². The van der Waals surface area contributed by atoms with E-state index in [0.29, 0.717) is 6.54 Å². The first-order chi connectivity index (χ1) is 13.0. The summed E-state index contributed by atoms with van der Waals surface area (Å²) in [5, 5.41) is 0. The monoisotopic (exact) mass is 452 g/mol. The van der Waals surface area contributed by atoms with Crippen LogP contribution in [0.5, 0.6) is 0 Å². The van der Waals surface area contributed by atoms with Crippen LogP contribution < -0.4 is 4.72 Å². The Morgan fingerprint density at radius 1 is 1.15 bits per heavy atom. The first-order valence-corrected chi connectivity index (χ1v) is 11.4. The number of likely N-dealkylation sites (N-methyl/N-ethyl adjacent to an activating group) is 1. The van der Waals surface area contributed by atoms with Crippen LogP contribution in [0, 0.1) is 0 Å². The second-order valence-electron chi connectivity index (χ2n) is 6.58. The Hall–Kier alpha value is -1.32. The van der Waals surface area contributed by atoms with Crippen LogP contribution in [0.1, 0.15) is 18.5 Å². The highest BCUT2D eigenvalue weighted by molar-refractivity contribution is 9.10. The summed E-state index contributed by atoms with van der Waals surface area (Å²) in [7, 11) is -3.56. The quantitative estimate of drug-likeness (QED) is 0.698. The molecule has 0 amide bonds. The summed E-state index contributed by atoms with van der Waals surface area (Å²) < 4.78 is 29.0. The van der Waals surface area contributed by atoms with E-state index in [1.807, 2.05) is 18.3 Å². The molecule has 1 fully saturated rings. The zero-order chi connectivity index (χ0) is 19.3. The number of halogens is 1. The number of hydrogen-bond donors (Lipinski definition) is 1. The molecule has 3 rings (SSSR count). The van der Waals surface area contributed by atoms with Crippen LogP contribution in [0.4, 0.5) is 0 Å². The summed E-state index contributed by atoms with van der Waals surface area (Å²) in [4.78, 5) is 9.24. The predicted octanol–water partition coefficient (Wildman–Crippen LogP) is 2.50. The molecule has 0 radical (unpaired) electrons. The summed E-state index contributed by atoms with van der Waals surface area (Å²) in [6.07, 6.45) is 3.56. The molecule has 0 saturated carbocycles. The molecule has 1 aromatic carbocycles. The molecule has 1 atom stereocenters. The van der Waals surface area contributed by atoms with Crippen molar-refractivity contribution in [2.45, 2.75) is 17.9 Å². The van der Waals surface area contributed by atoms with E-state index in [1.165, 1.54) is 0 Å². The molecule has 1 aromatic heterocycles. The molecule has 2 aromatic rings. The van der Waals surface area contributed by atoms with Crippen LogP contribution in [0.2, 0.25) is 0 Å². The fraction of sp³-hybridized carbons (Fsp3) is 0.421. The number of piperazine rings is 1. The summed E-state index contributed by atoms with van der Waals surface area (Å²) in [6.45, 7) is 7.33. The van der Waals surface area contributed by atoms with E-state index >= 15 is 0 Å². The highest BCUT2D eigenvalue weighted by atomic mass is 79.9. The first kappa shape index (κ1) is 20.4. The zero-order valence-electron chi connectivity index (χ0n) is 15.4. The fourth-order valence-electron chi connectivity index (χ4n) is 3.31. The van der Waals surface area contributed by atoms with Crippen molar-refractivity contribution in [2.24, 2.45) is 0 Å². The Balaban J connectivity index is 1.75. The minimum Gasteiger partial charge on any atom is -0.301 e. The first-order valence-electron chi connectivity index (χ1n) is 9.11. The predicted molar refractivity (Wildman–Crippen MR) is 110 cm³/mol. The van der Waals surface area contributed by atoms with Crippen LogP contribution in [-0.4, -0.2) is 62.5 Å². The number of hydrogen-bond acceptors (Lipinski definition) is 5. The summed E-state index contributed by atoms with van der Waals surface area (Å²) in [6, 6.07) is 10.5. The smallest absolute Gasteiger partial charge is 0.240 e. The summed E-state index contributed by atoms with van der Waals surface area (Å²) >= 11 is 3.33. The summed E-state index contributed by atoms with van der Waals surface area (Å²) in [5.74, 6) is 0. The Morgan fingerprint density at radius 3 is 2.44 bits per heavy atom. The van der Waals surface area contributed by atoms with Crippen molar-refractivity contribution in [1.82, 2.24) is 19.5 Å². The lowest BCUT2D eigenvalue weighted by Crippen LogP contribution is -2.49. The van der Waals surface area contributed by atoms with E-state index in [4.69, 9.17) is 0 Å². The molecule has 1 aliphatic rings. The zero-order valence-corrected chi connectivity index (χ0v) is 17.8. The van der Waals surface area contributed by atoms with Gasteiger partial charge in [0.2, 0.25) is 10.0 Å². The second-order valence-corrected chi connectivity index (χ2v) is 9.26. The van der Waals surface area contributed by atoms with Gasteiger partial charge >= 0.3 is 0 Å². The number of benzene rings is 1.